The fourth-order valence-electron chi connectivity index (χ4n) is 4.11. The van der Waals surface area contributed by atoms with Crippen molar-refractivity contribution < 1.29 is 27.6 Å². The Kier molecular flexibility index (Phi) is 6.29. The van der Waals surface area contributed by atoms with Gasteiger partial charge in [0.25, 0.3) is 11.5 Å². The van der Waals surface area contributed by atoms with Crippen molar-refractivity contribution in [1.29, 1.82) is 0 Å². The third kappa shape index (κ3) is 4.22. The van der Waals surface area contributed by atoms with E-state index in [0.717, 1.165) is 12.1 Å². The zero-order chi connectivity index (χ0) is 24.8. The van der Waals surface area contributed by atoms with Gasteiger partial charge in [-0.3, -0.25) is 9.59 Å². The number of carbonyl (C=O) groups is 2. The Morgan fingerprint density at radius 3 is 2.41 bits per heavy atom. The molecule has 1 atom stereocenters. The number of hydrogen-bond acceptors (Lipinski definition) is 4. The quantitative estimate of drug-likeness (QED) is 0.568. The first-order valence-electron chi connectivity index (χ1n) is 10.4. The predicted molar refractivity (Wildman–Crippen MR) is 121 cm³/mol. The number of carbonyl (C=O) groups excluding carboxylic acids is 2. The van der Waals surface area contributed by atoms with Crippen LogP contribution in [0.1, 0.15) is 40.4 Å². The molecular formula is C23H20Cl2F3N3O3. The van der Waals surface area contributed by atoms with E-state index >= 15 is 0 Å². The van der Waals surface area contributed by atoms with E-state index in [0.29, 0.717) is 23.2 Å². The fourth-order valence-corrected chi connectivity index (χ4v) is 4.64. The Labute approximate surface area is 203 Å². The molecule has 1 saturated heterocycles. The summed E-state index contributed by atoms with van der Waals surface area (Å²) in [5, 5.41) is 3.84. The fraction of sp³-hybridized carbons (Fsp3) is 0.348. The predicted octanol–water partition coefficient (Wildman–Crippen LogP) is 5.15. The molecule has 0 N–H and O–H groups in total. The van der Waals surface area contributed by atoms with Gasteiger partial charge in [0, 0.05) is 34.1 Å². The molecule has 11 heteroatoms. The van der Waals surface area contributed by atoms with Crippen LogP contribution in [-0.4, -0.2) is 53.3 Å². The highest BCUT2D eigenvalue weighted by molar-refractivity contribution is 6.34. The first-order chi connectivity index (χ1) is 15.9. The van der Waals surface area contributed by atoms with E-state index in [9.17, 15) is 22.8 Å². The van der Waals surface area contributed by atoms with Crippen LogP contribution >= 0.6 is 23.2 Å². The molecule has 4 rings (SSSR count). The maximum absolute atomic E-state index is 14.2. The van der Waals surface area contributed by atoms with Gasteiger partial charge in [0.2, 0.25) is 5.91 Å². The van der Waals surface area contributed by atoms with E-state index in [1.54, 1.807) is 17.9 Å². The van der Waals surface area contributed by atoms with Crippen molar-refractivity contribution >= 4 is 40.7 Å². The van der Waals surface area contributed by atoms with E-state index < -0.39 is 18.2 Å². The Hall–Kier alpha value is -2.78. The van der Waals surface area contributed by atoms with Crippen LogP contribution in [0.4, 0.5) is 13.2 Å². The molecule has 2 aliphatic heterocycles. The monoisotopic (exact) mass is 513 g/mol. The van der Waals surface area contributed by atoms with Gasteiger partial charge in [-0.05, 0) is 55.3 Å². The molecule has 2 aliphatic rings. The second kappa shape index (κ2) is 8.78. The van der Waals surface area contributed by atoms with Gasteiger partial charge in [-0.25, -0.2) is 0 Å². The lowest BCUT2D eigenvalue weighted by atomic mass is 9.86. The molecule has 0 aromatic heterocycles. The lowest BCUT2D eigenvalue weighted by molar-refractivity contribution is -0.275. The van der Waals surface area contributed by atoms with Gasteiger partial charge >= 0.3 is 6.18 Å². The van der Waals surface area contributed by atoms with Gasteiger partial charge < -0.3 is 14.6 Å². The summed E-state index contributed by atoms with van der Waals surface area (Å²) in [7, 11) is 0. The molecule has 34 heavy (non-hydrogen) atoms. The molecule has 0 saturated carbocycles. The van der Waals surface area contributed by atoms with Crippen LogP contribution in [0.25, 0.3) is 0 Å². The number of oxime groups is 1. The Morgan fingerprint density at radius 1 is 1.18 bits per heavy atom. The Bertz CT molecular complexity index is 1180. The lowest BCUT2D eigenvalue weighted by Gasteiger charge is -2.29. The third-order valence-corrected chi connectivity index (χ3v) is 6.43. The van der Waals surface area contributed by atoms with Crippen molar-refractivity contribution in [2.45, 2.75) is 32.0 Å². The summed E-state index contributed by atoms with van der Waals surface area (Å²) in [6, 6.07) is 8.28. The number of nitrogens with zero attached hydrogens (tertiary/aromatic N) is 3. The second-order valence-corrected chi connectivity index (χ2v) is 9.09. The number of aryl methyl sites for hydroxylation is 1. The number of benzene rings is 2. The number of rotatable bonds is 4. The summed E-state index contributed by atoms with van der Waals surface area (Å²) in [4.78, 5) is 32.9. The highest BCUT2D eigenvalue weighted by atomic mass is 35.5. The molecule has 2 heterocycles. The van der Waals surface area contributed by atoms with Gasteiger partial charge in [-0.2, -0.15) is 13.2 Å². The Morgan fingerprint density at radius 2 is 1.85 bits per heavy atom. The average molecular weight is 514 g/mol. The summed E-state index contributed by atoms with van der Waals surface area (Å²) in [6.07, 6.45) is -5.39. The van der Waals surface area contributed by atoms with Crippen molar-refractivity contribution in [3.05, 3.63) is 68.7 Å². The first-order valence-corrected chi connectivity index (χ1v) is 11.2. The van der Waals surface area contributed by atoms with Crippen molar-refractivity contribution in [1.82, 2.24) is 9.80 Å². The maximum atomic E-state index is 14.2. The van der Waals surface area contributed by atoms with Crippen LogP contribution in [0.3, 0.4) is 0 Å². The van der Waals surface area contributed by atoms with Crippen LogP contribution in [0.5, 0.6) is 0 Å². The van der Waals surface area contributed by atoms with Gasteiger partial charge in [-0.1, -0.05) is 34.4 Å². The molecule has 2 aromatic carbocycles. The van der Waals surface area contributed by atoms with Crippen molar-refractivity contribution in [2.24, 2.45) is 5.16 Å². The molecule has 0 radical (unpaired) electrons. The minimum Gasteiger partial charge on any atom is -0.374 e. The van der Waals surface area contributed by atoms with Crippen LogP contribution in [0.15, 0.2) is 41.6 Å². The zero-order valence-electron chi connectivity index (χ0n) is 18.2. The largest absolute Gasteiger partial charge is 0.435 e. The van der Waals surface area contributed by atoms with E-state index in [2.05, 4.69) is 5.16 Å². The topological polar surface area (TPSA) is 62.2 Å². The standard InChI is InChI=1S/C23H20Cl2F3N3O3/c1-3-30-12-31(11-20(30)32)21(33)18-5-4-14(6-13(18)2)19-10-22(34-29-19,23(26,27)28)15-7-16(24)9-17(25)8-15/h4-9H,3,10-12H2,1-2H3. The van der Waals surface area contributed by atoms with Crippen LogP contribution in [-0.2, 0) is 15.2 Å². The van der Waals surface area contributed by atoms with E-state index in [1.807, 2.05) is 6.92 Å². The summed E-state index contributed by atoms with van der Waals surface area (Å²) in [6.45, 7) is 4.20. The van der Waals surface area contributed by atoms with Crippen LogP contribution < -0.4 is 0 Å². The normalized spacial score (nSPS) is 20.6. The number of hydrogen-bond donors (Lipinski definition) is 0. The number of amides is 2. The van der Waals surface area contributed by atoms with Gasteiger partial charge in [0.1, 0.15) is 6.54 Å². The van der Waals surface area contributed by atoms with Gasteiger partial charge in [-0.15, -0.1) is 0 Å². The van der Waals surface area contributed by atoms with Gasteiger partial charge in [0.05, 0.1) is 12.4 Å². The summed E-state index contributed by atoms with van der Waals surface area (Å²) < 4.78 is 42.6. The van der Waals surface area contributed by atoms with Gasteiger partial charge in [0.15, 0.2) is 0 Å². The summed E-state index contributed by atoms with van der Waals surface area (Å²) in [5.41, 5.74) is -1.62. The van der Waals surface area contributed by atoms with Crippen molar-refractivity contribution in [2.75, 3.05) is 19.8 Å². The molecular weight excluding hydrogens is 494 g/mol. The minimum absolute atomic E-state index is 0.00922. The highest BCUT2D eigenvalue weighted by Crippen LogP contribution is 2.49. The average Bonchev–Trinajstić information content (AvgIpc) is 3.37. The van der Waals surface area contributed by atoms with E-state index in [4.69, 9.17) is 28.0 Å². The number of halogens is 5. The highest BCUT2D eigenvalue weighted by Gasteiger charge is 2.62. The molecule has 6 nitrogen and oxygen atoms in total. The van der Waals surface area contributed by atoms with E-state index in [1.165, 1.54) is 23.1 Å². The molecule has 0 spiro atoms. The van der Waals surface area contributed by atoms with Crippen LogP contribution in [0.2, 0.25) is 10.0 Å². The minimum atomic E-state index is -4.80. The van der Waals surface area contributed by atoms with Crippen molar-refractivity contribution in [3.63, 3.8) is 0 Å². The molecule has 2 amide bonds. The summed E-state index contributed by atoms with van der Waals surface area (Å²) in [5.74, 6) is -0.455. The van der Waals surface area contributed by atoms with E-state index in [-0.39, 0.29) is 46.3 Å². The molecule has 0 aliphatic carbocycles. The molecule has 180 valence electrons. The first kappa shape index (κ1) is 24.3. The number of likely N-dealkylation sites (N-methyl/N-ethyl adjacent to an activating group) is 1. The summed E-state index contributed by atoms with van der Waals surface area (Å²) >= 11 is 11.9. The number of alkyl halides is 3. The third-order valence-electron chi connectivity index (χ3n) is 5.99. The maximum Gasteiger partial charge on any atom is 0.435 e. The lowest BCUT2D eigenvalue weighted by Crippen LogP contribution is -2.42. The Balaban J connectivity index is 1.60. The second-order valence-electron chi connectivity index (χ2n) is 8.21. The molecule has 2 aromatic rings. The SMILES string of the molecule is CCN1CN(C(=O)c2ccc(C3=NOC(c4cc(Cl)cc(Cl)c4)(C(F)(F)F)C3)cc2C)CC1=O. The zero-order valence-corrected chi connectivity index (χ0v) is 19.8. The van der Waals surface area contributed by atoms with Crippen molar-refractivity contribution in [3.8, 4) is 0 Å². The molecule has 0 bridgehead atoms. The molecule has 1 fully saturated rings. The molecule has 1 unspecified atom stereocenters. The smallest absolute Gasteiger partial charge is 0.374 e. The van der Waals surface area contributed by atoms with Crippen LogP contribution in [0, 0.1) is 6.92 Å².